The quantitative estimate of drug-likeness (QED) is 0.428. The SMILES string of the molecule is COc1cccc(C(CNc2c(C#N)cccc2C#N)c2c[nH]c3ccccc23)c1OC. The molecule has 0 aliphatic heterocycles. The number of fused-ring (bicyclic) bond motifs is 1. The summed E-state index contributed by atoms with van der Waals surface area (Å²) in [5, 5.41) is 23.6. The van der Waals surface area contributed by atoms with Crippen LogP contribution in [0, 0.1) is 22.7 Å². The Hall–Kier alpha value is -4.42. The highest BCUT2D eigenvalue weighted by Gasteiger charge is 2.24. The van der Waals surface area contributed by atoms with E-state index in [1.54, 1.807) is 32.4 Å². The number of para-hydroxylation sites is 3. The van der Waals surface area contributed by atoms with Crippen LogP contribution in [0.1, 0.15) is 28.2 Å². The van der Waals surface area contributed by atoms with Crippen molar-refractivity contribution in [1.82, 2.24) is 4.98 Å². The second-order valence-electron chi connectivity index (χ2n) is 7.26. The van der Waals surface area contributed by atoms with E-state index in [0.717, 1.165) is 22.0 Å². The molecular formula is C26H22N4O2. The van der Waals surface area contributed by atoms with E-state index in [2.05, 4.69) is 28.5 Å². The number of hydrogen-bond acceptors (Lipinski definition) is 5. The van der Waals surface area contributed by atoms with Crippen LogP contribution in [0.3, 0.4) is 0 Å². The smallest absolute Gasteiger partial charge is 0.164 e. The number of aromatic nitrogens is 1. The lowest BCUT2D eigenvalue weighted by Gasteiger charge is -2.23. The summed E-state index contributed by atoms with van der Waals surface area (Å²) in [5.74, 6) is 1.15. The van der Waals surface area contributed by atoms with Gasteiger partial charge in [0.25, 0.3) is 0 Å². The predicted molar refractivity (Wildman–Crippen MR) is 124 cm³/mol. The summed E-state index contributed by atoms with van der Waals surface area (Å²) in [4.78, 5) is 3.34. The molecule has 0 aliphatic rings. The second-order valence-corrected chi connectivity index (χ2v) is 7.26. The van der Waals surface area contributed by atoms with Crippen LogP contribution in [0.2, 0.25) is 0 Å². The Morgan fingerprint density at radius 1 is 0.875 bits per heavy atom. The van der Waals surface area contributed by atoms with Crippen molar-refractivity contribution < 1.29 is 9.47 Å². The minimum absolute atomic E-state index is 0.144. The van der Waals surface area contributed by atoms with Gasteiger partial charge < -0.3 is 19.8 Å². The van der Waals surface area contributed by atoms with E-state index < -0.39 is 0 Å². The van der Waals surface area contributed by atoms with E-state index in [0.29, 0.717) is 34.9 Å². The molecule has 0 aliphatic carbocycles. The highest BCUT2D eigenvalue weighted by molar-refractivity contribution is 5.84. The molecule has 1 atom stereocenters. The van der Waals surface area contributed by atoms with E-state index in [-0.39, 0.29) is 5.92 Å². The molecule has 1 unspecified atom stereocenters. The van der Waals surface area contributed by atoms with Crippen molar-refractivity contribution in [2.24, 2.45) is 0 Å². The average molecular weight is 422 g/mol. The molecule has 1 heterocycles. The molecule has 0 amide bonds. The molecule has 0 saturated carbocycles. The van der Waals surface area contributed by atoms with Gasteiger partial charge in [-0.25, -0.2) is 0 Å². The Morgan fingerprint density at radius 2 is 1.59 bits per heavy atom. The molecule has 0 saturated heterocycles. The van der Waals surface area contributed by atoms with Gasteiger partial charge in [-0.15, -0.1) is 0 Å². The zero-order chi connectivity index (χ0) is 22.5. The lowest BCUT2D eigenvalue weighted by Crippen LogP contribution is -2.16. The van der Waals surface area contributed by atoms with E-state index in [1.165, 1.54) is 0 Å². The molecule has 2 N–H and O–H groups in total. The molecule has 4 rings (SSSR count). The zero-order valence-electron chi connectivity index (χ0n) is 17.8. The number of ether oxygens (including phenoxy) is 2. The molecule has 32 heavy (non-hydrogen) atoms. The normalized spacial score (nSPS) is 11.4. The molecule has 0 fully saturated rings. The van der Waals surface area contributed by atoms with Gasteiger partial charge in [0.1, 0.15) is 12.1 Å². The fourth-order valence-corrected chi connectivity index (χ4v) is 4.09. The number of aromatic amines is 1. The van der Waals surface area contributed by atoms with Crippen molar-refractivity contribution in [2.45, 2.75) is 5.92 Å². The van der Waals surface area contributed by atoms with Crippen molar-refractivity contribution in [3.05, 3.63) is 89.1 Å². The number of methoxy groups -OCH3 is 2. The summed E-state index contributed by atoms with van der Waals surface area (Å²) in [7, 11) is 3.24. The van der Waals surface area contributed by atoms with Crippen LogP contribution in [0.15, 0.2) is 66.9 Å². The third-order valence-electron chi connectivity index (χ3n) is 5.59. The van der Waals surface area contributed by atoms with Crippen LogP contribution in [0.25, 0.3) is 10.9 Å². The number of hydrogen-bond donors (Lipinski definition) is 2. The first-order valence-corrected chi connectivity index (χ1v) is 10.2. The Morgan fingerprint density at radius 3 is 2.28 bits per heavy atom. The fourth-order valence-electron chi connectivity index (χ4n) is 4.09. The van der Waals surface area contributed by atoms with Gasteiger partial charge in [-0.05, 0) is 29.8 Å². The Balaban J connectivity index is 1.84. The van der Waals surface area contributed by atoms with Gasteiger partial charge in [0.2, 0.25) is 0 Å². The average Bonchev–Trinajstić information content (AvgIpc) is 3.27. The highest BCUT2D eigenvalue weighted by Crippen LogP contribution is 2.40. The molecule has 1 aromatic heterocycles. The molecular weight excluding hydrogens is 400 g/mol. The summed E-state index contributed by atoms with van der Waals surface area (Å²) in [5.41, 5.74) is 4.44. The van der Waals surface area contributed by atoms with E-state index in [4.69, 9.17) is 9.47 Å². The first kappa shape index (κ1) is 20.8. The van der Waals surface area contributed by atoms with Gasteiger partial charge in [0, 0.05) is 35.1 Å². The maximum atomic E-state index is 9.56. The molecule has 6 heteroatoms. The molecule has 3 aromatic carbocycles. The Kier molecular flexibility index (Phi) is 5.96. The van der Waals surface area contributed by atoms with Gasteiger partial charge in [-0.2, -0.15) is 10.5 Å². The van der Waals surface area contributed by atoms with Crippen molar-refractivity contribution in [3.8, 4) is 23.6 Å². The molecule has 158 valence electrons. The summed E-state index contributed by atoms with van der Waals surface area (Å²) in [6, 6.07) is 23.4. The van der Waals surface area contributed by atoms with Crippen LogP contribution in [0.4, 0.5) is 5.69 Å². The number of rotatable bonds is 7. The van der Waals surface area contributed by atoms with Crippen molar-refractivity contribution in [1.29, 1.82) is 10.5 Å². The summed E-state index contributed by atoms with van der Waals surface area (Å²) < 4.78 is 11.3. The topological polar surface area (TPSA) is 93.9 Å². The maximum absolute atomic E-state index is 9.56. The van der Waals surface area contributed by atoms with Crippen LogP contribution < -0.4 is 14.8 Å². The van der Waals surface area contributed by atoms with Crippen LogP contribution in [-0.4, -0.2) is 25.7 Å². The number of nitrogens with one attached hydrogen (secondary N) is 2. The molecule has 0 bridgehead atoms. The van der Waals surface area contributed by atoms with Crippen LogP contribution >= 0.6 is 0 Å². The number of nitrogens with zero attached hydrogens (tertiary/aromatic N) is 2. The third kappa shape index (κ3) is 3.71. The van der Waals surface area contributed by atoms with Gasteiger partial charge in [-0.1, -0.05) is 36.4 Å². The van der Waals surface area contributed by atoms with Gasteiger partial charge in [0.15, 0.2) is 11.5 Å². The summed E-state index contributed by atoms with van der Waals surface area (Å²) in [6.45, 7) is 0.443. The Bertz CT molecular complexity index is 1310. The monoisotopic (exact) mass is 422 g/mol. The first-order chi connectivity index (χ1) is 15.7. The Labute approximate surface area is 186 Å². The third-order valence-corrected chi connectivity index (χ3v) is 5.59. The number of nitriles is 2. The molecule has 4 aromatic rings. The van der Waals surface area contributed by atoms with Crippen molar-refractivity contribution in [2.75, 3.05) is 26.1 Å². The predicted octanol–water partition coefficient (Wildman–Crippen LogP) is 5.17. The maximum Gasteiger partial charge on any atom is 0.164 e. The van der Waals surface area contributed by atoms with Crippen molar-refractivity contribution >= 4 is 16.6 Å². The molecule has 6 nitrogen and oxygen atoms in total. The van der Waals surface area contributed by atoms with Gasteiger partial charge in [-0.3, -0.25) is 0 Å². The minimum atomic E-state index is -0.144. The second kappa shape index (κ2) is 9.16. The summed E-state index contributed by atoms with van der Waals surface area (Å²) >= 11 is 0. The first-order valence-electron chi connectivity index (χ1n) is 10.2. The fraction of sp³-hybridized carbons (Fsp3) is 0.154. The summed E-state index contributed by atoms with van der Waals surface area (Å²) in [6.07, 6.45) is 2.00. The van der Waals surface area contributed by atoms with Crippen molar-refractivity contribution in [3.63, 3.8) is 0 Å². The molecule has 0 radical (unpaired) electrons. The largest absolute Gasteiger partial charge is 0.493 e. The van der Waals surface area contributed by atoms with E-state index in [9.17, 15) is 10.5 Å². The minimum Gasteiger partial charge on any atom is -0.493 e. The highest BCUT2D eigenvalue weighted by atomic mass is 16.5. The van der Waals surface area contributed by atoms with Crippen LogP contribution in [0.5, 0.6) is 11.5 Å². The van der Waals surface area contributed by atoms with E-state index >= 15 is 0 Å². The number of anilines is 1. The standard InChI is InChI=1S/C26H22N4O2/c1-31-24-12-6-10-20(26(24)32-2)22(21-15-29-23-11-4-3-9-19(21)23)16-30-25-17(13-27)7-5-8-18(25)14-28/h3-12,15,22,29-30H,16H2,1-2H3. The zero-order valence-corrected chi connectivity index (χ0v) is 17.8. The number of H-pyrrole nitrogens is 1. The van der Waals surface area contributed by atoms with E-state index in [1.807, 2.05) is 42.6 Å². The molecule has 0 spiro atoms. The lowest BCUT2D eigenvalue weighted by atomic mass is 9.89. The van der Waals surface area contributed by atoms with Gasteiger partial charge >= 0.3 is 0 Å². The van der Waals surface area contributed by atoms with Gasteiger partial charge in [0.05, 0.1) is 31.0 Å². The number of benzene rings is 3. The van der Waals surface area contributed by atoms with Crippen LogP contribution in [-0.2, 0) is 0 Å². The lowest BCUT2D eigenvalue weighted by molar-refractivity contribution is 0.350.